The van der Waals surface area contributed by atoms with Crippen LogP contribution in [0, 0.1) is 0 Å². The maximum absolute atomic E-state index is 12.8. The van der Waals surface area contributed by atoms with Gasteiger partial charge in [-0.2, -0.15) is 18.2 Å². The van der Waals surface area contributed by atoms with Crippen LogP contribution in [0.2, 0.25) is 0 Å². The first-order valence-electron chi connectivity index (χ1n) is 9.45. The molecule has 4 heterocycles. The Hall–Kier alpha value is -2.81. The van der Waals surface area contributed by atoms with Crippen molar-refractivity contribution in [1.29, 1.82) is 0 Å². The molecule has 3 atom stereocenters. The monoisotopic (exact) mass is 582 g/mol. The van der Waals surface area contributed by atoms with Crippen LogP contribution < -0.4 is 15.6 Å². The van der Waals surface area contributed by atoms with Gasteiger partial charge in [0.2, 0.25) is 27.4 Å². The molecular formula is C16H13F3N8O5S4. The number of oxime groups is 1. The number of hydrogen-bond acceptors (Lipinski definition) is 14. The number of amides is 2. The Labute approximate surface area is 214 Å². The molecule has 0 bridgehead atoms. The van der Waals surface area contributed by atoms with Crippen molar-refractivity contribution in [3.8, 4) is 0 Å². The first-order chi connectivity index (χ1) is 17.0. The summed E-state index contributed by atoms with van der Waals surface area (Å²) in [6, 6.07) is -1.09. The number of nitrogens with two attached hydrogens (primary N) is 1. The number of carbonyl (C=O) groups is 3. The summed E-state index contributed by atoms with van der Waals surface area (Å²) in [5, 5.41) is 28.2. The van der Waals surface area contributed by atoms with Crippen molar-refractivity contribution in [1.82, 2.24) is 29.8 Å². The van der Waals surface area contributed by atoms with Gasteiger partial charge in [-0.25, -0.2) is 0 Å². The van der Waals surface area contributed by atoms with Crippen molar-refractivity contribution < 1.29 is 37.5 Å². The fraction of sp³-hybridized carbons (Fsp3) is 0.375. The average molecular weight is 583 g/mol. The van der Waals surface area contributed by atoms with E-state index < -0.39 is 56.9 Å². The van der Waals surface area contributed by atoms with Gasteiger partial charge in [0.25, 0.3) is 17.3 Å². The van der Waals surface area contributed by atoms with Crippen molar-refractivity contribution >= 4 is 69.2 Å². The largest absolute Gasteiger partial charge is 0.543 e. The zero-order valence-corrected chi connectivity index (χ0v) is 21.0. The number of carboxylic acids is 1. The molecule has 0 aromatic carbocycles. The van der Waals surface area contributed by atoms with Gasteiger partial charge < -0.3 is 20.1 Å². The zero-order chi connectivity index (χ0) is 26.2. The van der Waals surface area contributed by atoms with Crippen molar-refractivity contribution in [3.05, 3.63) is 27.6 Å². The third-order valence-electron chi connectivity index (χ3n) is 4.63. The molecular weight excluding hydrogens is 569 g/mol. The van der Waals surface area contributed by atoms with E-state index in [1.807, 2.05) is 0 Å². The van der Waals surface area contributed by atoms with Gasteiger partial charge in [0, 0.05) is 15.9 Å². The SMILES string of the molecule is CON=C(C(=O)NC1C(=O)N2C(C(=O)[O-])=C(CSc3nnc(C(F)(F)F)s3)CS[C@H]12)c1nc[s+](N)n1. The Morgan fingerprint density at radius 2 is 2.19 bits per heavy atom. The summed E-state index contributed by atoms with van der Waals surface area (Å²) in [7, 11) is 0.164. The average Bonchev–Trinajstić information content (AvgIpc) is 3.47. The van der Waals surface area contributed by atoms with Crippen LogP contribution in [0.25, 0.3) is 0 Å². The number of fused-ring (bicyclic) bond motifs is 1. The highest BCUT2D eigenvalue weighted by molar-refractivity contribution is 8.01. The Bertz CT molecular complexity index is 1280. The van der Waals surface area contributed by atoms with Crippen LogP contribution in [0.15, 0.2) is 26.3 Å². The van der Waals surface area contributed by atoms with Crippen LogP contribution >= 0.6 is 45.7 Å². The molecule has 2 aliphatic heterocycles. The summed E-state index contributed by atoms with van der Waals surface area (Å²) in [6.07, 6.45) is -4.64. The fourth-order valence-corrected chi connectivity index (χ4v) is 6.95. The molecule has 2 aliphatic rings. The smallest absolute Gasteiger partial charge is 0.445 e. The van der Waals surface area contributed by atoms with Gasteiger partial charge >= 0.3 is 6.18 Å². The van der Waals surface area contributed by atoms with Gasteiger partial charge in [0.05, 0.1) is 11.7 Å². The number of alkyl halides is 3. The minimum atomic E-state index is -4.64. The normalized spacial score (nSPS) is 20.7. The number of β-lactam (4-membered cyclic amide) rings is 1. The maximum atomic E-state index is 12.8. The van der Waals surface area contributed by atoms with E-state index in [9.17, 15) is 32.7 Å². The predicted octanol–water partition coefficient (Wildman–Crippen LogP) is -0.644. The molecule has 0 radical (unpaired) electrons. The molecule has 1 saturated heterocycles. The number of carbonyl (C=O) groups excluding carboxylic acids is 3. The van der Waals surface area contributed by atoms with Crippen LogP contribution in [-0.4, -0.2) is 78.0 Å². The summed E-state index contributed by atoms with van der Waals surface area (Å²) in [6.45, 7) is 0. The summed E-state index contributed by atoms with van der Waals surface area (Å²) in [5.74, 6) is -3.20. The summed E-state index contributed by atoms with van der Waals surface area (Å²) in [5.41, 5.74) is 0.854. The molecule has 4 rings (SSSR count). The first-order valence-corrected chi connectivity index (χ1v) is 13.6. The molecule has 2 amide bonds. The number of halogens is 3. The van der Waals surface area contributed by atoms with Crippen LogP contribution in [0.5, 0.6) is 0 Å². The summed E-state index contributed by atoms with van der Waals surface area (Å²) >= 11 is 2.35. The second-order valence-corrected chi connectivity index (χ2v) is 11.3. The number of aliphatic carboxylic acids is 1. The number of thioether (sulfide) groups is 2. The van der Waals surface area contributed by atoms with E-state index in [1.165, 1.54) is 12.6 Å². The van der Waals surface area contributed by atoms with Crippen molar-refractivity contribution in [2.45, 2.75) is 21.9 Å². The Balaban J connectivity index is 1.47. The number of nitrogens with zero attached hydrogens (tertiary/aromatic N) is 6. The van der Waals surface area contributed by atoms with E-state index in [2.05, 4.69) is 34.9 Å². The predicted molar refractivity (Wildman–Crippen MR) is 121 cm³/mol. The molecule has 0 spiro atoms. The van der Waals surface area contributed by atoms with Gasteiger partial charge in [-0.1, -0.05) is 28.3 Å². The molecule has 0 saturated carbocycles. The van der Waals surface area contributed by atoms with Crippen LogP contribution in [0.3, 0.4) is 0 Å². The van der Waals surface area contributed by atoms with Gasteiger partial charge in [-0.3, -0.25) is 14.5 Å². The molecule has 192 valence electrons. The quantitative estimate of drug-likeness (QED) is 0.132. The van der Waals surface area contributed by atoms with E-state index in [-0.39, 0.29) is 33.0 Å². The maximum Gasteiger partial charge on any atom is 0.445 e. The van der Waals surface area contributed by atoms with Crippen LogP contribution in [-0.2, 0) is 25.4 Å². The molecule has 2 aromatic rings. The molecule has 36 heavy (non-hydrogen) atoms. The topological polar surface area (TPSA) is 189 Å². The zero-order valence-electron chi connectivity index (χ0n) is 17.7. The highest BCUT2D eigenvalue weighted by atomic mass is 32.2. The number of nitrogen functional groups attached to an aromatic ring is 1. The van der Waals surface area contributed by atoms with Gasteiger partial charge in [-0.15, -0.1) is 27.1 Å². The number of nitrogens with one attached hydrogen (secondary N) is 1. The van der Waals surface area contributed by atoms with E-state index in [0.717, 1.165) is 28.4 Å². The van der Waals surface area contributed by atoms with Crippen molar-refractivity contribution in [2.24, 2.45) is 5.16 Å². The molecule has 1 fully saturated rings. The Morgan fingerprint density at radius 1 is 1.44 bits per heavy atom. The Morgan fingerprint density at radius 3 is 2.78 bits per heavy atom. The lowest BCUT2D eigenvalue weighted by Crippen LogP contribution is -2.71. The summed E-state index contributed by atoms with van der Waals surface area (Å²) < 4.78 is 42.1. The lowest BCUT2D eigenvalue weighted by molar-refractivity contribution is -0.301. The van der Waals surface area contributed by atoms with Crippen LogP contribution in [0.1, 0.15) is 10.8 Å². The van der Waals surface area contributed by atoms with Gasteiger partial charge in [0.15, 0.2) is 4.34 Å². The highest BCUT2D eigenvalue weighted by Crippen LogP contribution is 2.42. The first kappa shape index (κ1) is 26.3. The lowest BCUT2D eigenvalue weighted by atomic mass is 10.0. The lowest BCUT2D eigenvalue weighted by Gasteiger charge is -2.50. The summed E-state index contributed by atoms with van der Waals surface area (Å²) in [4.78, 5) is 46.9. The number of aromatic nitrogens is 4. The van der Waals surface area contributed by atoms with Crippen molar-refractivity contribution in [2.75, 3.05) is 23.8 Å². The highest BCUT2D eigenvalue weighted by Gasteiger charge is 2.53. The minimum Gasteiger partial charge on any atom is -0.543 e. The second kappa shape index (κ2) is 10.3. The van der Waals surface area contributed by atoms with E-state index >= 15 is 0 Å². The molecule has 20 heteroatoms. The van der Waals surface area contributed by atoms with E-state index in [4.69, 9.17) is 5.14 Å². The van der Waals surface area contributed by atoms with Gasteiger partial charge in [0.1, 0.15) is 18.5 Å². The molecule has 3 N–H and O–H groups in total. The third-order valence-corrected chi connectivity index (χ3v) is 8.86. The fourth-order valence-electron chi connectivity index (χ4n) is 3.15. The van der Waals surface area contributed by atoms with Crippen molar-refractivity contribution in [3.63, 3.8) is 0 Å². The van der Waals surface area contributed by atoms with Gasteiger partial charge in [-0.05, 0) is 5.57 Å². The molecule has 2 aromatic heterocycles. The minimum absolute atomic E-state index is 0.0116. The molecule has 13 nitrogen and oxygen atoms in total. The number of rotatable bonds is 8. The Kier molecular flexibility index (Phi) is 7.50. The standard InChI is InChI=1S/C16H13F3N8O5S4/c1-32-25-6(9-21-4-36(20)26-9)10(28)22-7-11(29)27-8(13(30)31)5(2-33-12(7)27)3-34-15-24-23-14(35-15)16(17,18)19/h4,7,12,20H,2-3H2,1H3,(H,22,28)(H,30,31)/t7?,12-,36?/m1/s1. The second-order valence-electron chi connectivity index (χ2n) is 6.88. The third kappa shape index (κ3) is 5.16. The molecule has 0 aliphatic carbocycles. The van der Waals surface area contributed by atoms with Crippen LogP contribution in [0.4, 0.5) is 13.2 Å². The van der Waals surface area contributed by atoms with E-state index in [0.29, 0.717) is 11.3 Å². The number of hydrogen-bond donors (Lipinski definition) is 2. The van der Waals surface area contributed by atoms with E-state index in [1.54, 1.807) is 0 Å². The molecule has 2 unspecified atom stereocenters. The number of carboxylic acid groups (broad SMARTS) is 1.